The number of nitrogens with zero attached hydrogens (tertiary/aromatic N) is 4. The largest absolute Gasteiger partial charge is 0.325 e. The highest BCUT2D eigenvalue weighted by Crippen LogP contribution is 2.36. The number of hydrogen-bond donors (Lipinski definition) is 1. The van der Waals surface area contributed by atoms with Crippen LogP contribution in [-0.4, -0.2) is 26.7 Å². The third-order valence-electron chi connectivity index (χ3n) is 5.29. The minimum Gasteiger partial charge on any atom is -0.291 e. The molecule has 1 atom stereocenters. The molecular weight excluding hydrogens is 410 g/mol. The zero-order valence-corrected chi connectivity index (χ0v) is 18.6. The van der Waals surface area contributed by atoms with Crippen LogP contribution in [0, 0.1) is 0 Å². The van der Waals surface area contributed by atoms with E-state index in [4.69, 9.17) is 5.10 Å². The van der Waals surface area contributed by atoms with E-state index < -0.39 is 6.17 Å². The Morgan fingerprint density at radius 3 is 2.71 bits per heavy atom. The molecule has 0 aliphatic carbocycles. The zero-order chi connectivity index (χ0) is 21.8. The highest BCUT2D eigenvalue weighted by Gasteiger charge is 2.45. The van der Waals surface area contributed by atoms with Gasteiger partial charge >= 0.3 is 17.4 Å². The highest BCUT2D eigenvalue weighted by atomic mass is 32.2. The number of thioether (sulfide) groups is 1. The molecule has 0 unspecified atom stereocenters. The molecule has 1 aliphatic heterocycles. The first kappa shape index (κ1) is 21.2. The molecule has 0 bridgehead atoms. The van der Waals surface area contributed by atoms with Crippen LogP contribution in [0.25, 0.3) is 11.3 Å². The van der Waals surface area contributed by atoms with Crippen molar-refractivity contribution < 1.29 is 9.48 Å². The number of hydrogen-bond acceptors (Lipinski definition) is 5. The third-order valence-corrected chi connectivity index (χ3v) is 6.24. The van der Waals surface area contributed by atoms with Crippen LogP contribution in [0.2, 0.25) is 0 Å². The molecule has 4 rings (SSSR count). The first-order valence-corrected chi connectivity index (χ1v) is 11.6. The number of aromatic nitrogens is 4. The monoisotopic (exact) mass is 436 g/mol. The van der Waals surface area contributed by atoms with Crippen molar-refractivity contribution in [2.75, 3.05) is 10.7 Å². The van der Waals surface area contributed by atoms with Gasteiger partial charge in [-0.3, -0.25) is 19.6 Å². The Labute approximate surface area is 185 Å². The minimum absolute atomic E-state index is 0.142. The van der Waals surface area contributed by atoms with Gasteiger partial charge in [-0.15, -0.1) is 0 Å². The molecule has 0 saturated carbocycles. The first-order valence-electron chi connectivity index (χ1n) is 10.6. The van der Waals surface area contributed by atoms with Crippen molar-refractivity contribution >= 4 is 23.4 Å². The van der Waals surface area contributed by atoms with E-state index >= 15 is 0 Å². The molecule has 2 aromatic heterocycles. The number of H-pyrrole nitrogens is 1. The number of carbonyl (C=O) groups excluding carboxylic acids is 1. The van der Waals surface area contributed by atoms with Gasteiger partial charge in [0.2, 0.25) is 11.1 Å². The normalized spacial score (nSPS) is 14.8. The predicted octanol–water partition coefficient (Wildman–Crippen LogP) is 3.71. The number of unbranched alkanes of at least 4 members (excludes halogenated alkanes) is 3. The van der Waals surface area contributed by atoms with Gasteiger partial charge in [-0.25, -0.2) is 4.90 Å². The van der Waals surface area contributed by atoms with Gasteiger partial charge < -0.3 is 0 Å². The Balaban J connectivity index is 1.83. The van der Waals surface area contributed by atoms with Crippen LogP contribution in [0.5, 0.6) is 0 Å². The maximum Gasteiger partial charge on any atom is 0.325 e. The fraction of sp³-hybridized carbons (Fsp3) is 0.348. The van der Waals surface area contributed by atoms with Crippen molar-refractivity contribution in [1.82, 2.24) is 15.1 Å². The number of fused-ring (bicyclic) bond motifs is 3. The van der Waals surface area contributed by atoms with Crippen molar-refractivity contribution in [1.29, 1.82) is 0 Å². The molecule has 160 valence electrons. The summed E-state index contributed by atoms with van der Waals surface area (Å²) in [5.41, 5.74) is 2.22. The molecule has 0 fully saturated rings. The van der Waals surface area contributed by atoms with Crippen molar-refractivity contribution in [2.24, 2.45) is 0 Å². The van der Waals surface area contributed by atoms with Gasteiger partial charge in [0.1, 0.15) is 5.69 Å². The van der Waals surface area contributed by atoms with E-state index in [-0.39, 0.29) is 11.5 Å². The number of amides is 1. The summed E-state index contributed by atoms with van der Waals surface area (Å²) in [4.78, 5) is 35.0. The Kier molecular flexibility index (Phi) is 6.46. The summed E-state index contributed by atoms with van der Waals surface area (Å²) in [6.07, 6.45) is 5.66. The average Bonchev–Trinajstić information content (AvgIpc) is 2.78. The quantitative estimate of drug-likeness (QED) is 0.347. The summed E-state index contributed by atoms with van der Waals surface area (Å²) < 4.78 is 1.65. The number of para-hydroxylation sites is 1. The molecule has 0 spiro atoms. The van der Waals surface area contributed by atoms with E-state index in [2.05, 4.69) is 16.9 Å². The Hall–Kier alpha value is -3.00. The van der Waals surface area contributed by atoms with Gasteiger partial charge in [-0.2, -0.15) is 0 Å². The van der Waals surface area contributed by atoms with E-state index in [1.165, 1.54) is 31.5 Å². The van der Waals surface area contributed by atoms with E-state index in [0.29, 0.717) is 27.8 Å². The van der Waals surface area contributed by atoms with Gasteiger partial charge in [0.05, 0.1) is 11.3 Å². The number of pyridine rings is 1. The van der Waals surface area contributed by atoms with Gasteiger partial charge in [0.25, 0.3) is 0 Å². The van der Waals surface area contributed by atoms with Crippen molar-refractivity contribution in [3.05, 3.63) is 64.7 Å². The second-order valence-electron chi connectivity index (χ2n) is 7.50. The number of anilines is 1. The number of rotatable bonds is 7. The number of aromatic amines is 1. The summed E-state index contributed by atoms with van der Waals surface area (Å²) in [6, 6.07) is 13.0. The molecule has 1 aromatic carbocycles. The van der Waals surface area contributed by atoms with Gasteiger partial charge in [-0.1, -0.05) is 56.1 Å². The van der Waals surface area contributed by atoms with Gasteiger partial charge in [-0.05, 0) is 35.4 Å². The summed E-state index contributed by atoms with van der Waals surface area (Å²) in [7, 11) is 0. The van der Waals surface area contributed by atoms with E-state index in [0.717, 1.165) is 18.6 Å². The number of carbonyl (C=O) groups is 1. The second-order valence-corrected chi connectivity index (χ2v) is 8.58. The number of benzene rings is 1. The summed E-state index contributed by atoms with van der Waals surface area (Å²) in [5.74, 6) is 0.737. The molecule has 1 aliphatic rings. The van der Waals surface area contributed by atoms with Crippen LogP contribution in [0.3, 0.4) is 0 Å². The van der Waals surface area contributed by atoms with Crippen LogP contribution >= 0.6 is 11.8 Å². The van der Waals surface area contributed by atoms with Crippen molar-refractivity contribution in [3.8, 4) is 11.3 Å². The molecule has 7 nitrogen and oxygen atoms in total. The van der Waals surface area contributed by atoms with Crippen LogP contribution in [0.15, 0.2) is 58.6 Å². The summed E-state index contributed by atoms with van der Waals surface area (Å²) >= 11 is 1.53. The van der Waals surface area contributed by atoms with Crippen LogP contribution in [0.1, 0.15) is 51.4 Å². The summed E-state index contributed by atoms with van der Waals surface area (Å²) in [5, 5.41) is 5.32. The molecule has 3 heterocycles. The lowest BCUT2D eigenvalue weighted by molar-refractivity contribution is -0.763. The van der Waals surface area contributed by atoms with Gasteiger partial charge in [0.15, 0.2) is 0 Å². The van der Waals surface area contributed by atoms with E-state index in [1.807, 2.05) is 42.5 Å². The SMILES string of the molecule is CCCCCCSc1n[n+]2c(c(=O)[nH]1)-c1ccccc1N(C(C)=O)[C@H]2c1ccccn1. The molecular formula is C23H26N5O2S+. The Morgan fingerprint density at radius 1 is 1.16 bits per heavy atom. The fourth-order valence-corrected chi connectivity index (χ4v) is 4.72. The molecule has 0 radical (unpaired) electrons. The zero-order valence-electron chi connectivity index (χ0n) is 17.7. The maximum absolute atomic E-state index is 13.2. The Morgan fingerprint density at radius 2 is 1.97 bits per heavy atom. The van der Waals surface area contributed by atoms with E-state index in [1.54, 1.807) is 15.8 Å². The lowest BCUT2D eigenvalue weighted by Gasteiger charge is -2.30. The van der Waals surface area contributed by atoms with E-state index in [9.17, 15) is 9.59 Å². The fourth-order valence-electron chi connectivity index (χ4n) is 3.87. The lowest BCUT2D eigenvalue weighted by atomic mass is 10.0. The smallest absolute Gasteiger partial charge is 0.291 e. The summed E-state index contributed by atoms with van der Waals surface area (Å²) in [6.45, 7) is 3.71. The van der Waals surface area contributed by atoms with Crippen LogP contribution in [0.4, 0.5) is 5.69 Å². The van der Waals surface area contributed by atoms with Gasteiger partial charge in [0, 0.05) is 24.0 Å². The predicted molar refractivity (Wildman–Crippen MR) is 121 cm³/mol. The van der Waals surface area contributed by atoms with Crippen LogP contribution in [-0.2, 0) is 4.79 Å². The maximum atomic E-state index is 13.2. The average molecular weight is 437 g/mol. The van der Waals surface area contributed by atoms with Crippen LogP contribution < -0.4 is 15.1 Å². The van der Waals surface area contributed by atoms with Crippen molar-refractivity contribution in [3.63, 3.8) is 0 Å². The lowest BCUT2D eigenvalue weighted by Crippen LogP contribution is -2.60. The topological polar surface area (TPSA) is 82.8 Å². The molecule has 3 aromatic rings. The second kappa shape index (κ2) is 9.43. The molecule has 1 N–H and O–H groups in total. The molecule has 1 amide bonds. The minimum atomic E-state index is -0.634. The molecule has 8 heteroatoms. The number of nitrogens with one attached hydrogen (secondary N) is 1. The molecule has 31 heavy (non-hydrogen) atoms. The van der Waals surface area contributed by atoms with Crippen molar-refractivity contribution in [2.45, 2.75) is 50.9 Å². The highest BCUT2D eigenvalue weighted by molar-refractivity contribution is 7.99. The third kappa shape index (κ3) is 4.25. The first-order chi connectivity index (χ1) is 15.1. The Bertz CT molecular complexity index is 1130. The standard InChI is InChI=1S/C23H25N5O2S/c1-3-4-5-10-15-31-23-25-21(30)20-17-11-6-7-13-19(17)27(16(2)29)22(28(20)26-23)18-12-8-9-14-24-18/h6-9,11-14,22H,3-5,10,15H2,1-2H3/p+1/t22-/m1/s1. The molecule has 0 saturated heterocycles.